The van der Waals surface area contributed by atoms with Crippen LogP contribution in [0.5, 0.6) is 0 Å². The van der Waals surface area contributed by atoms with E-state index in [1.54, 1.807) is 30.3 Å². The molecule has 0 atom stereocenters. The van der Waals surface area contributed by atoms with Crippen molar-refractivity contribution in [3.05, 3.63) is 89.4 Å². The Hall–Kier alpha value is -3.19. The quantitative estimate of drug-likeness (QED) is 0.652. The highest BCUT2D eigenvalue weighted by Gasteiger charge is 2.21. The Bertz CT molecular complexity index is 1060. The number of benzene rings is 2. The fourth-order valence-electron chi connectivity index (χ4n) is 3.75. The van der Waals surface area contributed by atoms with E-state index >= 15 is 0 Å². The lowest BCUT2D eigenvalue weighted by molar-refractivity contribution is 0.0908. The van der Waals surface area contributed by atoms with Crippen LogP contribution >= 0.6 is 0 Å². The number of likely N-dealkylation sites (tertiary alicyclic amines) is 1. The summed E-state index contributed by atoms with van der Waals surface area (Å²) in [5, 5.41) is 3.03. The Kier molecular flexibility index (Phi) is 6.32. The lowest BCUT2D eigenvalue weighted by Gasteiger charge is -2.32. The van der Waals surface area contributed by atoms with Gasteiger partial charge < -0.3 is 5.32 Å². The molecule has 1 amide bonds. The summed E-state index contributed by atoms with van der Waals surface area (Å²) in [4.78, 5) is 19.0. The first kappa shape index (κ1) is 21.1. The van der Waals surface area contributed by atoms with Gasteiger partial charge in [0.15, 0.2) is 11.6 Å². The van der Waals surface area contributed by atoms with E-state index in [1.807, 2.05) is 0 Å². The topological polar surface area (TPSA) is 45.2 Å². The fraction of sp³-hybridized carbons (Fsp3) is 0.250. The van der Waals surface area contributed by atoms with Crippen molar-refractivity contribution >= 4 is 5.91 Å². The number of carbonyl (C=O) groups excluding carboxylic acids is 1. The van der Waals surface area contributed by atoms with E-state index in [9.17, 15) is 18.0 Å². The van der Waals surface area contributed by atoms with E-state index in [4.69, 9.17) is 0 Å². The average molecular weight is 425 g/mol. The van der Waals surface area contributed by atoms with Gasteiger partial charge >= 0.3 is 0 Å². The summed E-state index contributed by atoms with van der Waals surface area (Å²) >= 11 is 0. The normalized spacial score (nSPS) is 15.1. The van der Waals surface area contributed by atoms with Gasteiger partial charge in [-0.2, -0.15) is 0 Å². The van der Waals surface area contributed by atoms with Gasteiger partial charge in [-0.3, -0.25) is 14.7 Å². The number of nitrogens with one attached hydrogen (secondary N) is 1. The molecule has 0 bridgehead atoms. The molecule has 1 aromatic heterocycles. The van der Waals surface area contributed by atoms with Crippen LogP contribution < -0.4 is 5.32 Å². The van der Waals surface area contributed by atoms with Crippen molar-refractivity contribution in [3.63, 3.8) is 0 Å². The van der Waals surface area contributed by atoms with Crippen LogP contribution in [0.25, 0.3) is 11.3 Å². The molecule has 1 aliphatic heterocycles. The van der Waals surface area contributed by atoms with Crippen LogP contribution in [-0.2, 0) is 6.54 Å². The van der Waals surface area contributed by atoms with Crippen molar-refractivity contribution in [2.75, 3.05) is 13.1 Å². The van der Waals surface area contributed by atoms with E-state index in [0.29, 0.717) is 23.4 Å². The molecule has 4 nitrogen and oxygen atoms in total. The molecule has 7 heteroatoms. The van der Waals surface area contributed by atoms with Gasteiger partial charge in [-0.25, -0.2) is 13.2 Å². The molecule has 0 aliphatic carbocycles. The molecule has 31 heavy (non-hydrogen) atoms. The summed E-state index contributed by atoms with van der Waals surface area (Å²) in [5.41, 5.74) is 2.43. The maximum Gasteiger partial charge on any atom is 0.253 e. The number of amides is 1. The van der Waals surface area contributed by atoms with Gasteiger partial charge in [0.1, 0.15) is 5.82 Å². The Balaban J connectivity index is 1.29. The number of nitrogens with zero attached hydrogens (tertiary/aromatic N) is 2. The molecule has 3 aromatic rings. The van der Waals surface area contributed by atoms with Crippen molar-refractivity contribution in [1.82, 2.24) is 15.2 Å². The van der Waals surface area contributed by atoms with E-state index in [-0.39, 0.29) is 17.8 Å². The van der Waals surface area contributed by atoms with Gasteiger partial charge in [0.2, 0.25) is 0 Å². The smallest absolute Gasteiger partial charge is 0.253 e. The summed E-state index contributed by atoms with van der Waals surface area (Å²) in [6.07, 6.45) is 3.03. The second kappa shape index (κ2) is 9.31. The highest BCUT2D eigenvalue weighted by molar-refractivity contribution is 5.94. The Morgan fingerprint density at radius 2 is 1.81 bits per heavy atom. The van der Waals surface area contributed by atoms with Crippen LogP contribution in [0.1, 0.15) is 28.8 Å². The van der Waals surface area contributed by atoms with Crippen molar-refractivity contribution in [1.29, 1.82) is 0 Å². The van der Waals surface area contributed by atoms with Crippen molar-refractivity contribution in [2.24, 2.45) is 0 Å². The lowest BCUT2D eigenvalue weighted by Crippen LogP contribution is -2.44. The first-order chi connectivity index (χ1) is 15.0. The van der Waals surface area contributed by atoms with Crippen LogP contribution in [0.15, 0.2) is 60.8 Å². The summed E-state index contributed by atoms with van der Waals surface area (Å²) in [5.74, 6) is -2.21. The Labute approximate surface area is 178 Å². The predicted octanol–water partition coefficient (Wildman–Crippen LogP) is 4.56. The van der Waals surface area contributed by atoms with Crippen LogP contribution in [0, 0.1) is 17.5 Å². The molecular weight excluding hydrogens is 403 g/mol. The second-order valence-electron chi connectivity index (χ2n) is 7.71. The predicted molar refractivity (Wildman–Crippen MR) is 112 cm³/mol. The minimum atomic E-state index is -0.844. The molecule has 2 heterocycles. The number of carbonyl (C=O) groups is 1. The largest absolute Gasteiger partial charge is 0.349 e. The second-order valence-corrected chi connectivity index (χ2v) is 7.71. The molecule has 1 N–H and O–H groups in total. The molecule has 1 aliphatic rings. The zero-order valence-corrected chi connectivity index (χ0v) is 16.8. The molecule has 0 saturated carbocycles. The number of rotatable bonds is 5. The molecule has 1 fully saturated rings. The van der Waals surface area contributed by atoms with Crippen molar-refractivity contribution in [2.45, 2.75) is 25.4 Å². The number of halogens is 3. The number of piperidine rings is 1. The maximum absolute atomic E-state index is 13.4. The molecule has 0 spiro atoms. The summed E-state index contributed by atoms with van der Waals surface area (Å²) < 4.78 is 39.8. The third-order valence-electron chi connectivity index (χ3n) is 5.46. The average Bonchev–Trinajstić information content (AvgIpc) is 2.78. The Morgan fingerprint density at radius 3 is 2.48 bits per heavy atom. The van der Waals surface area contributed by atoms with E-state index in [1.165, 1.54) is 24.4 Å². The van der Waals surface area contributed by atoms with Gasteiger partial charge in [-0.1, -0.05) is 18.2 Å². The molecule has 0 radical (unpaired) electrons. The van der Waals surface area contributed by atoms with Gasteiger partial charge in [-0.05, 0) is 54.8 Å². The number of hydrogen-bond donors (Lipinski definition) is 1. The molecule has 4 rings (SSSR count). The van der Waals surface area contributed by atoms with E-state index in [2.05, 4.69) is 15.2 Å². The van der Waals surface area contributed by atoms with Crippen LogP contribution in [0.4, 0.5) is 13.2 Å². The monoisotopic (exact) mass is 425 g/mol. The van der Waals surface area contributed by atoms with Gasteiger partial charge in [-0.15, -0.1) is 0 Å². The van der Waals surface area contributed by atoms with Gasteiger partial charge in [0.25, 0.3) is 5.91 Å². The SMILES string of the molecule is O=C(NC1CCN(Cc2ccc(F)c(F)c2)CC1)c1ccc(-c2cccc(F)c2)nc1. The third-order valence-corrected chi connectivity index (χ3v) is 5.46. The minimum Gasteiger partial charge on any atom is -0.349 e. The molecular formula is C24H22F3N3O. The highest BCUT2D eigenvalue weighted by Crippen LogP contribution is 2.19. The number of aromatic nitrogens is 1. The number of pyridine rings is 1. The summed E-state index contributed by atoms with van der Waals surface area (Å²) in [6.45, 7) is 2.05. The third kappa shape index (κ3) is 5.30. The minimum absolute atomic E-state index is 0.0385. The zero-order chi connectivity index (χ0) is 21.8. The lowest BCUT2D eigenvalue weighted by atomic mass is 10.0. The Morgan fingerprint density at radius 1 is 1.00 bits per heavy atom. The van der Waals surface area contributed by atoms with Crippen LogP contribution in [-0.4, -0.2) is 34.9 Å². The van der Waals surface area contributed by atoms with Crippen molar-refractivity contribution < 1.29 is 18.0 Å². The molecule has 160 valence electrons. The standard InChI is InChI=1S/C24H22F3N3O/c25-19-3-1-2-17(13-19)23-7-5-18(14-28-23)24(31)29-20-8-10-30(11-9-20)15-16-4-6-21(26)22(27)12-16/h1-7,12-14,20H,8-11,15H2,(H,29,31). The molecule has 2 aromatic carbocycles. The highest BCUT2D eigenvalue weighted by atomic mass is 19.2. The summed E-state index contributed by atoms with van der Waals surface area (Å²) in [6, 6.07) is 13.5. The first-order valence-electron chi connectivity index (χ1n) is 10.2. The van der Waals surface area contributed by atoms with Gasteiger partial charge in [0, 0.05) is 37.4 Å². The van der Waals surface area contributed by atoms with Crippen LogP contribution in [0.2, 0.25) is 0 Å². The van der Waals surface area contributed by atoms with Gasteiger partial charge in [0.05, 0.1) is 11.3 Å². The van der Waals surface area contributed by atoms with E-state index < -0.39 is 11.6 Å². The van der Waals surface area contributed by atoms with Crippen molar-refractivity contribution in [3.8, 4) is 11.3 Å². The maximum atomic E-state index is 13.4. The zero-order valence-electron chi connectivity index (χ0n) is 16.8. The summed E-state index contributed by atoms with van der Waals surface area (Å²) in [7, 11) is 0. The van der Waals surface area contributed by atoms with Crippen LogP contribution in [0.3, 0.4) is 0 Å². The van der Waals surface area contributed by atoms with E-state index in [0.717, 1.165) is 37.6 Å². The number of hydrogen-bond acceptors (Lipinski definition) is 3. The fourth-order valence-corrected chi connectivity index (χ4v) is 3.75. The molecule has 1 saturated heterocycles. The first-order valence-corrected chi connectivity index (χ1v) is 10.2. The molecule has 0 unspecified atom stereocenters.